The SMILES string of the molecule is CN(C)CCC=C1c2ccccc2COc2ccccc21.Cc1nc2sccn2c(=O)c1CCN1CCC(=C(c2ccc(F)cc2)c2ccc(F)cc2)CC1. The molecule has 4 aromatic carbocycles. The molecule has 0 atom stereocenters. The zero-order valence-electron chi connectivity index (χ0n) is 31.6. The van der Waals surface area contributed by atoms with Gasteiger partial charge in [-0.1, -0.05) is 78.4 Å². The van der Waals surface area contributed by atoms with Gasteiger partial charge < -0.3 is 14.5 Å². The van der Waals surface area contributed by atoms with Gasteiger partial charge in [0, 0.05) is 54.6 Å². The van der Waals surface area contributed by atoms with Crippen molar-refractivity contribution in [2.75, 3.05) is 40.3 Å². The molecule has 9 heteroatoms. The van der Waals surface area contributed by atoms with Crippen molar-refractivity contribution >= 4 is 27.4 Å². The van der Waals surface area contributed by atoms with Crippen LogP contribution in [0, 0.1) is 18.6 Å². The summed E-state index contributed by atoms with van der Waals surface area (Å²) in [4.78, 5) is 22.7. The van der Waals surface area contributed by atoms with Crippen LogP contribution in [0.1, 0.15) is 58.3 Å². The van der Waals surface area contributed by atoms with Crippen LogP contribution in [0.2, 0.25) is 0 Å². The number of aryl methyl sites for hydroxylation is 1. The van der Waals surface area contributed by atoms with Gasteiger partial charge in [0.2, 0.25) is 0 Å². The van der Waals surface area contributed by atoms with Crippen molar-refractivity contribution in [3.05, 3.63) is 181 Å². The molecule has 0 amide bonds. The van der Waals surface area contributed by atoms with Crippen molar-refractivity contribution in [2.45, 2.75) is 39.2 Å². The third-order valence-electron chi connectivity index (χ3n) is 10.3. The zero-order valence-corrected chi connectivity index (χ0v) is 32.4. The van der Waals surface area contributed by atoms with E-state index in [2.05, 4.69) is 77.4 Å². The number of piperidine rings is 1. The normalized spacial score (nSPS) is 14.9. The summed E-state index contributed by atoms with van der Waals surface area (Å²) in [6, 6.07) is 29.9. The molecule has 1 saturated heterocycles. The third-order valence-corrected chi connectivity index (χ3v) is 11.1. The molecule has 0 radical (unpaired) electrons. The lowest BCUT2D eigenvalue weighted by Crippen LogP contribution is -2.34. The fourth-order valence-electron chi connectivity index (χ4n) is 7.39. The summed E-state index contributed by atoms with van der Waals surface area (Å²) in [5, 5.41) is 1.88. The van der Waals surface area contributed by atoms with Gasteiger partial charge in [-0.15, -0.1) is 11.3 Å². The number of aromatic nitrogens is 2. The Labute approximate surface area is 325 Å². The number of thiazole rings is 1. The molecule has 2 aliphatic heterocycles. The Morgan fingerprint density at radius 2 is 1.51 bits per heavy atom. The van der Waals surface area contributed by atoms with E-state index in [4.69, 9.17) is 4.74 Å². The lowest BCUT2D eigenvalue weighted by atomic mass is 9.88. The highest BCUT2D eigenvalue weighted by Gasteiger charge is 2.21. The molecule has 282 valence electrons. The number of nitrogens with zero attached hydrogens (tertiary/aromatic N) is 4. The minimum atomic E-state index is -0.275. The molecule has 6 aromatic rings. The van der Waals surface area contributed by atoms with Crippen LogP contribution >= 0.6 is 11.3 Å². The van der Waals surface area contributed by atoms with Gasteiger partial charge in [0.1, 0.15) is 24.0 Å². The summed E-state index contributed by atoms with van der Waals surface area (Å²) in [5.74, 6) is 0.427. The first-order chi connectivity index (χ1) is 26.7. The van der Waals surface area contributed by atoms with E-state index in [0.717, 1.165) is 84.1 Å². The Morgan fingerprint density at radius 1 is 0.873 bits per heavy atom. The average Bonchev–Trinajstić information content (AvgIpc) is 3.61. The number of fused-ring (bicyclic) bond motifs is 3. The molecule has 6 nitrogen and oxygen atoms in total. The minimum absolute atomic E-state index is 0.0243. The van der Waals surface area contributed by atoms with E-state index in [1.165, 1.54) is 63.4 Å². The first kappa shape index (κ1) is 38.1. The fourth-order valence-corrected chi connectivity index (χ4v) is 8.14. The Hall–Kier alpha value is -5.22. The van der Waals surface area contributed by atoms with E-state index < -0.39 is 0 Å². The van der Waals surface area contributed by atoms with E-state index >= 15 is 0 Å². The maximum absolute atomic E-state index is 13.5. The summed E-state index contributed by atoms with van der Waals surface area (Å²) < 4.78 is 34.7. The van der Waals surface area contributed by atoms with E-state index in [1.54, 1.807) is 34.9 Å². The predicted octanol–water partition coefficient (Wildman–Crippen LogP) is 9.45. The van der Waals surface area contributed by atoms with Gasteiger partial charge in [0.15, 0.2) is 4.96 Å². The van der Waals surface area contributed by atoms with Crippen molar-refractivity contribution in [1.29, 1.82) is 0 Å². The second-order valence-corrected chi connectivity index (χ2v) is 15.1. The van der Waals surface area contributed by atoms with Gasteiger partial charge in [-0.2, -0.15) is 0 Å². The molecule has 2 aromatic heterocycles. The molecular weight excluding hydrogens is 711 g/mol. The largest absolute Gasteiger partial charge is 0.488 e. The van der Waals surface area contributed by atoms with Crippen LogP contribution in [-0.4, -0.2) is 59.5 Å². The quantitative estimate of drug-likeness (QED) is 0.155. The van der Waals surface area contributed by atoms with Crippen LogP contribution in [0.15, 0.2) is 125 Å². The summed E-state index contributed by atoms with van der Waals surface area (Å²) in [6.07, 6.45) is 7.55. The maximum Gasteiger partial charge on any atom is 0.261 e. The lowest BCUT2D eigenvalue weighted by molar-refractivity contribution is 0.259. The van der Waals surface area contributed by atoms with Crippen LogP contribution < -0.4 is 10.3 Å². The number of hydrogen-bond acceptors (Lipinski definition) is 6. The van der Waals surface area contributed by atoms with Gasteiger partial charge >= 0.3 is 0 Å². The van der Waals surface area contributed by atoms with Gasteiger partial charge in [-0.25, -0.2) is 13.8 Å². The summed E-state index contributed by atoms with van der Waals surface area (Å²) in [5.41, 5.74) is 10.9. The Kier molecular flexibility index (Phi) is 12.1. The first-order valence-corrected chi connectivity index (χ1v) is 19.7. The Balaban J connectivity index is 0.000000190. The van der Waals surface area contributed by atoms with Crippen molar-refractivity contribution in [3.63, 3.8) is 0 Å². The average molecular weight is 757 g/mol. The fraction of sp³-hybridized carbons (Fsp3) is 0.261. The second-order valence-electron chi connectivity index (χ2n) is 14.3. The molecule has 2 aliphatic rings. The topological polar surface area (TPSA) is 50.1 Å². The van der Waals surface area contributed by atoms with Crippen LogP contribution in [0.3, 0.4) is 0 Å². The zero-order chi connectivity index (χ0) is 38.3. The van der Waals surface area contributed by atoms with Crippen LogP contribution in [0.25, 0.3) is 16.1 Å². The van der Waals surface area contributed by atoms with E-state index in [0.29, 0.717) is 13.0 Å². The smallest absolute Gasteiger partial charge is 0.261 e. The van der Waals surface area contributed by atoms with Crippen molar-refractivity contribution < 1.29 is 13.5 Å². The van der Waals surface area contributed by atoms with Gasteiger partial charge in [-0.05, 0) is 110 Å². The van der Waals surface area contributed by atoms with E-state index in [1.807, 2.05) is 18.4 Å². The predicted molar refractivity (Wildman–Crippen MR) is 220 cm³/mol. The maximum atomic E-state index is 13.5. The molecule has 0 aliphatic carbocycles. The van der Waals surface area contributed by atoms with Crippen molar-refractivity contribution in [2.24, 2.45) is 0 Å². The highest BCUT2D eigenvalue weighted by atomic mass is 32.1. The molecule has 55 heavy (non-hydrogen) atoms. The first-order valence-electron chi connectivity index (χ1n) is 18.8. The molecule has 0 spiro atoms. The molecule has 0 N–H and O–H groups in total. The van der Waals surface area contributed by atoms with Crippen molar-refractivity contribution in [3.8, 4) is 5.75 Å². The molecule has 0 unspecified atom stereocenters. The number of hydrogen-bond donors (Lipinski definition) is 0. The Morgan fingerprint density at radius 3 is 2.18 bits per heavy atom. The van der Waals surface area contributed by atoms with Crippen LogP contribution in [0.5, 0.6) is 5.75 Å². The van der Waals surface area contributed by atoms with Gasteiger partial charge in [0.25, 0.3) is 5.56 Å². The van der Waals surface area contributed by atoms with E-state index in [-0.39, 0.29) is 17.2 Å². The molecule has 8 rings (SSSR count). The summed E-state index contributed by atoms with van der Waals surface area (Å²) in [7, 11) is 4.22. The standard InChI is InChI=1S/C27H25F2N3OS.C19H21NO/c1-18-24(26(33)32-16-17-34-27(32)30-18)12-15-31-13-10-21(11-14-31)25(19-2-6-22(28)7-3-19)20-4-8-23(29)9-5-20;1-20(2)13-7-11-17-16-9-4-3-8-15(16)14-21-19-12-6-5-10-18(17)19/h2-9,16-17H,10-15H2,1H3;3-6,8-12H,7,13-14H2,1-2H3. The Bertz CT molecular complexity index is 2270. The number of halogens is 2. The number of rotatable bonds is 8. The molecular formula is C46H46F2N4O2S. The van der Waals surface area contributed by atoms with Crippen molar-refractivity contribution in [1.82, 2.24) is 19.2 Å². The van der Waals surface area contributed by atoms with Gasteiger partial charge in [-0.3, -0.25) is 9.20 Å². The monoisotopic (exact) mass is 756 g/mol. The number of para-hydroxylation sites is 1. The van der Waals surface area contributed by atoms with Crippen LogP contribution in [0.4, 0.5) is 8.78 Å². The molecule has 4 heterocycles. The minimum Gasteiger partial charge on any atom is -0.488 e. The van der Waals surface area contributed by atoms with Crippen LogP contribution in [-0.2, 0) is 13.0 Å². The second kappa shape index (κ2) is 17.5. The number of ether oxygens (including phenoxy) is 1. The highest BCUT2D eigenvalue weighted by Crippen LogP contribution is 2.37. The lowest BCUT2D eigenvalue weighted by Gasteiger charge is -2.30. The number of likely N-dealkylation sites (tertiary alicyclic amines) is 1. The molecule has 0 bridgehead atoms. The molecule has 1 fully saturated rings. The molecule has 0 saturated carbocycles. The highest BCUT2D eigenvalue weighted by molar-refractivity contribution is 7.15. The third kappa shape index (κ3) is 9.02. The summed E-state index contributed by atoms with van der Waals surface area (Å²) >= 11 is 1.47. The number of benzene rings is 4. The van der Waals surface area contributed by atoms with E-state index in [9.17, 15) is 13.6 Å². The van der Waals surface area contributed by atoms with Gasteiger partial charge in [0.05, 0.1) is 0 Å². The summed E-state index contributed by atoms with van der Waals surface area (Å²) in [6.45, 7) is 6.13.